The first-order valence-corrected chi connectivity index (χ1v) is 11.3. The zero-order chi connectivity index (χ0) is 23.1. The molecule has 3 fully saturated rings. The van der Waals surface area contributed by atoms with E-state index in [1.54, 1.807) is 25.2 Å². The first-order valence-electron chi connectivity index (χ1n) is 11.3. The fourth-order valence-corrected chi connectivity index (χ4v) is 4.74. The predicted octanol–water partition coefficient (Wildman–Crippen LogP) is 4.37. The molecule has 1 saturated carbocycles. The fourth-order valence-electron chi connectivity index (χ4n) is 4.74. The number of halogens is 1. The van der Waals surface area contributed by atoms with Crippen LogP contribution in [-0.4, -0.2) is 53.5 Å². The van der Waals surface area contributed by atoms with Gasteiger partial charge >= 0.3 is 6.09 Å². The van der Waals surface area contributed by atoms with Crippen molar-refractivity contribution in [3.8, 4) is 0 Å². The summed E-state index contributed by atoms with van der Waals surface area (Å²) in [6.45, 7) is 6.08. The minimum atomic E-state index is -0.522. The molecule has 3 aliphatic rings. The van der Waals surface area contributed by atoms with E-state index in [1.807, 2.05) is 26.8 Å². The van der Waals surface area contributed by atoms with E-state index in [1.165, 1.54) is 6.07 Å². The summed E-state index contributed by atoms with van der Waals surface area (Å²) in [7, 11) is 3.56. The van der Waals surface area contributed by atoms with E-state index in [9.17, 15) is 9.18 Å². The molecule has 0 radical (unpaired) electrons. The fraction of sp³-hybridized carbons (Fsp3) is 0.625. The van der Waals surface area contributed by atoms with E-state index in [4.69, 9.17) is 9.47 Å². The summed E-state index contributed by atoms with van der Waals surface area (Å²) in [6.07, 6.45) is 6.48. The Kier molecular flexibility index (Phi) is 5.77. The van der Waals surface area contributed by atoms with Gasteiger partial charge in [0.05, 0.1) is 28.8 Å². The lowest BCUT2D eigenvalue weighted by atomic mass is 9.69. The summed E-state index contributed by atoms with van der Waals surface area (Å²) in [5.74, 6) is -0.0584. The first-order chi connectivity index (χ1) is 15.0. The number of carbonyl (C=O) groups is 1. The van der Waals surface area contributed by atoms with Crippen molar-refractivity contribution >= 4 is 22.9 Å². The highest BCUT2D eigenvalue weighted by molar-refractivity contribution is 5.79. The van der Waals surface area contributed by atoms with E-state index >= 15 is 0 Å². The van der Waals surface area contributed by atoms with Crippen molar-refractivity contribution in [2.75, 3.05) is 25.6 Å². The van der Waals surface area contributed by atoms with Gasteiger partial charge in [-0.05, 0) is 70.9 Å². The van der Waals surface area contributed by atoms with Gasteiger partial charge in [-0.15, -0.1) is 0 Å². The molecule has 0 unspecified atom stereocenters. The number of anilines is 1. The quantitative estimate of drug-likeness (QED) is 0.738. The van der Waals surface area contributed by atoms with Crippen molar-refractivity contribution in [3.63, 3.8) is 0 Å². The van der Waals surface area contributed by atoms with Crippen molar-refractivity contribution in [2.24, 2.45) is 0 Å². The van der Waals surface area contributed by atoms with Crippen LogP contribution in [-0.2, 0) is 15.9 Å². The number of aromatic nitrogens is 2. The monoisotopic (exact) mass is 444 g/mol. The van der Waals surface area contributed by atoms with E-state index in [2.05, 4.69) is 15.3 Å². The molecule has 174 valence electrons. The summed E-state index contributed by atoms with van der Waals surface area (Å²) < 4.78 is 26.1. The summed E-state index contributed by atoms with van der Waals surface area (Å²) >= 11 is 0. The highest BCUT2D eigenvalue weighted by atomic mass is 19.1. The molecule has 2 aromatic heterocycles. The molecule has 0 aromatic carbocycles. The maximum Gasteiger partial charge on any atom is 0.408 e. The van der Waals surface area contributed by atoms with Crippen LogP contribution in [0.5, 0.6) is 0 Å². The number of hydrogen-bond acceptors (Lipinski definition) is 6. The van der Waals surface area contributed by atoms with Crippen LogP contribution in [0, 0.1) is 5.82 Å². The predicted molar refractivity (Wildman–Crippen MR) is 121 cm³/mol. The van der Waals surface area contributed by atoms with Crippen LogP contribution in [0.1, 0.15) is 58.4 Å². The molecule has 4 heterocycles. The highest BCUT2D eigenvalue weighted by Gasteiger charge is 2.50. The molecule has 1 amide bonds. The van der Waals surface area contributed by atoms with E-state index in [0.29, 0.717) is 17.9 Å². The molecule has 5 rings (SSSR count). The lowest BCUT2D eigenvalue weighted by molar-refractivity contribution is -0.163. The van der Waals surface area contributed by atoms with Gasteiger partial charge in [0.25, 0.3) is 0 Å². The lowest BCUT2D eigenvalue weighted by Crippen LogP contribution is -2.63. The number of carbonyl (C=O) groups excluding carboxylic acids is 1. The Morgan fingerprint density at radius 1 is 1.28 bits per heavy atom. The zero-order valence-electron chi connectivity index (χ0n) is 19.6. The largest absolute Gasteiger partial charge is 0.444 e. The minimum Gasteiger partial charge on any atom is -0.444 e. The van der Waals surface area contributed by atoms with Gasteiger partial charge in [-0.2, -0.15) is 0 Å². The first kappa shape index (κ1) is 22.7. The Hall–Kier alpha value is -2.48. The maximum absolute atomic E-state index is 14.3. The van der Waals surface area contributed by atoms with Crippen LogP contribution >= 0.6 is 0 Å². The Morgan fingerprint density at radius 2 is 2.00 bits per heavy atom. The third kappa shape index (κ3) is 4.65. The Bertz CT molecular complexity index is 994. The molecular weight excluding hydrogens is 411 g/mol. The second kappa shape index (κ2) is 8.14. The third-order valence-electron chi connectivity index (χ3n) is 6.54. The van der Waals surface area contributed by atoms with Gasteiger partial charge in [-0.25, -0.2) is 14.2 Å². The maximum atomic E-state index is 14.3. The van der Waals surface area contributed by atoms with Crippen LogP contribution < -0.4 is 10.2 Å². The SMILES string of the molecule is CN(C)c1nc2c(CCC34CCC(NC(=O)OC(C)(C)C)(CC3)CO4)ccnc2cc1F. The Labute approximate surface area is 188 Å². The van der Waals surface area contributed by atoms with E-state index in [0.717, 1.165) is 49.6 Å². The molecule has 2 saturated heterocycles. The summed E-state index contributed by atoms with van der Waals surface area (Å²) in [4.78, 5) is 22.8. The third-order valence-corrected chi connectivity index (χ3v) is 6.54. The lowest BCUT2D eigenvalue weighted by Gasteiger charge is -2.53. The van der Waals surface area contributed by atoms with Crippen molar-refractivity contribution in [3.05, 3.63) is 29.7 Å². The van der Waals surface area contributed by atoms with Crippen LogP contribution in [0.15, 0.2) is 18.3 Å². The average molecular weight is 445 g/mol. The smallest absolute Gasteiger partial charge is 0.408 e. The molecule has 1 N–H and O–H groups in total. The van der Waals surface area contributed by atoms with Gasteiger partial charge in [0, 0.05) is 26.4 Å². The van der Waals surface area contributed by atoms with Crippen molar-refractivity contribution in [1.82, 2.24) is 15.3 Å². The van der Waals surface area contributed by atoms with Crippen molar-refractivity contribution < 1.29 is 18.7 Å². The molecule has 2 aliphatic heterocycles. The normalized spacial score (nSPS) is 25.1. The molecular formula is C24H33FN4O3. The summed E-state index contributed by atoms with van der Waals surface area (Å²) in [5, 5.41) is 3.07. The van der Waals surface area contributed by atoms with Gasteiger partial charge in [0.2, 0.25) is 0 Å². The molecule has 32 heavy (non-hydrogen) atoms. The standard InChI is InChI=1S/C24H33FN4O3/c1-22(2,3)32-21(30)28-23-9-11-24(12-10-23,31-15-23)8-6-16-7-13-26-18-14-17(25)20(29(4)5)27-19(16)18/h7,13-14H,6,8-12,15H2,1-5H3,(H,28,30). The molecule has 0 atom stereocenters. The number of pyridine rings is 2. The molecule has 8 heteroatoms. The average Bonchev–Trinajstić information content (AvgIpc) is 2.71. The van der Waals surface area contributed by atoms with Crippen LogP contribution in [0.25, 0.3) is 11.0 Å². The van der Waals surface area contributed by atoms with Gasteiger partial charge < -0.3 is 19.7 Å². The van der Waals surface area contributed by atoms with E-state index in [-0.39, 0.29) is 23.1 Å². The Balaban J connectivity index is 1.44. The highest BCUT2D eigenvalue weighted by Crippen LogP contribution is 2.46. The summed E-state index contributed by atoms with van der Waals surface area (Å²) in [5.41, 5.74) is 1.29. The number of ether oxygens (including phenoxy) is 2. The molecule has 2 aromatic rings. The topological polar surface area (TPSA) is 76.6 Å². The number of aryl methyl sites for hydroxylation is 1. The van der Waals surface area contributed by atoms with Gasteiger partial charge in [0.15, 0.2) is 11.6 Å². The van der Waals surface area contributed by atoms with Crippen molar-refractivity contribution in [1.29, 1.82) is 0 Å². The number of nitrogens with zero attached hydrogens (tertiary/aromatic N) is 3. The number of amides is 1. The number of fused-ring (bicyclic) bond motifs is 4. The summed E-state index contributed by atoms with van der Waals surface area (Å²) in [6, 6.07) is 3.41. The number of nitrogens with one attached hydrogen (secondary N) is 1. The zero-order valence-corrected chi connectivity index (χ0v) is 19.6. The van der Waals surface area contributed by atoms with Crippen LogP contribution in [0.2, 0.25) is 0 Å². The van der Waals surface area contributed by atoms with Crippen LogP contribution in [0.3, 0.4) is 0 Å². The minimum absolute atomic E-state index is 0.197. The van der Waals surface area contributed by atoms with Crippen molar-refractivity contribution in [2.45, 2.75) is 76.0 Å². The second-order valence-electron chi connectivity index (χ2n) is 10.4. The second-order valence-corrected chi connectivity index (χ2v) is 10.4. The molecule has 7 nitrogen and oxygen atoms in total. The van der Waals surface area contributed by atoms with Gasteiger partial charge in [-0.3, -0.25) is 4.98 Å². The van der Waals surface area contributed by atoms with Crippen LogP contribution in [0.4, 0.5) is 15.0 Å². The molecule has 2 bridgehead atoms. The number of alkyl carbamates (subject to hydrolysis) is 1. The molecule has 1 aliphatic carbocycles. The van der Waals surface area contributed by atoms with Gasteiger partial charge in [-0.1, -0.05) is 0 Å². The van der Waals surface area contributed by atoms with Gasteiger partial charge in [0.1, 0.15) is 5.60 Å². The Morgan fingerprint density at radius 3 is 2.59 bits per heavy atom. The number of hydrogen-bond donors (Lipinski definition) is 1. The van der Waals surface area contributed by atoms with E-state index < -0.39 is 5.60 Å². The number of rotatable bonds is 5. The molecule has 0 spiro atoms.